The van der Waals surface area contributed by atoms with Gasteiger partial charge in [0.2, 0.25) is 0 Å². The average Bonchev–Trinajstić information content (AvgIpc) is 1.87. The zero-order valence-corrected chi connectivity index (χ0v) is 6.48. The van der Waals surface area contributed by atoms with Crippen LogP contribution in [-0.4, -0.2) is 5.78 Å². The zero-order valence-electron chi connectivity index (χ0n) is 6.48. The molecule has 0 bridgehead atoms. The van der Waals surface area contributed by atoms with E-state index in [4.69, 9.17) is 0 Å². The fourth-order valence-electron chi connectivity index (χ4n) is 0.555. The van der Waals surface area contributed by atoms with E-state index in [0.717, 1.165) is 5.57 Å². The van der Waals surface area contributed by atoms with Crippen molar-refractivity contribution in [3.8, 4) is 0 Å². The van der Waals surface area contributed by atoms with Gasteiger partial charge in [-0.15, -0.1) is 0 Å². The van der Waals surface area contributed by atoms with Crippen LogP contribution in [0, 0.1) is 0 Å². The van der Waals surface area contributed by atoms with Gasteiger partial charge in [-0.3, -0.25) is 4.79 Å². The summed E-state index contributed by atoms with van der Waals surface area (Å²) in [7, 11) is 0. The lowest BCUT2D eigenvalue weighted by Crippen LogP contribution is -1.95. The van der Waals surface area contributed by atoms with Gasteiger partial charge in [-0.1, -0.05) is 25.3 Å². The first kappa shape index (κ1) is 8.89. The summed E-state index contributed by atoms with van der Waals surface area (Å²) in [5, 5.41) is 0. The molecule has 0 atom stereocenters. The third kappa shape index (κ3) is 2.44. The van der Waals surface area contributed by atoms with Crippen molar-refractivity contribution in [2.45, 2.75) is 13.8 Å². The van der Waals surface area contributed by atoms with Gasteiger partial charge in [-0.05, 0) is 19.4 Å². The fourth-order valence-corrected chi connectivity index (χ4v) is 0.555. The average molecular weight is 136 g/mol. The van der Waals surface area contributed by atoms with Crippen LogP contribution in [0.5, 0.6) is 0 Å². The predicted octanol–water partition coefficient (Wildman–Crippen LogP) is 2.26. The molecule has 1 nitrogen and oxygen atoms in total. The number of allylic oxidation sites excluding steroid dienone is 4. The second kappa shape index (κ2) is 3.83. The van der Waals surface area contributed by atoms with Crippen LogP contribution < -0.4 is 0 Å². The molecule has 0 aromatic rings. The van der Waals surface area contributed by atoms with E-state index in [1.165, 1.54) is 6.92 Å². The highest BCUT2D eigenvalue weighted by molar-refractivity contribution is 5.96. The molecule has 1 heteroatoms. The van der Waals surface area contributed by atoms with Gasteiger partial charge in [-0.25, -0.2) is 0 Å². The molecule has 0 aromatic heterocycles. The van der Waals surface area contributed by atoms with Crippen LogP contribution in [-0.2, 0) is 4.79 Å². The number of carbonyl (C=O) groups excluding carboxylic acids is 1. The molecule has 0 amide bonds. The lowest BCUT2D eigenvalue weighted by Gasteiger charge is -1.97. The summed E-state index contributed by atoms with van der Waals surface area (Å²) in [6, 6.07) is 0. The number of ketones is 1. The molecule has 0 aliphatic carbocycles. The summed E-state index contributed by atoms with van der Waals surface area (Å²) in [5.74, 6) is 0.00981. The largest absolute Gasteiger partial charge is 0.295 e. The summed E-state index contributed by atoms with van der Waals surface area (Å²) >= 11 is 0. The van der Waals surface area contributed by atoms with E-state index in [1.54, 1.807) is 12.2 Å². The van der Waals surface area contributed by atoms with Gasteiger partial charge in [0, 0.05) is 5.57 Å². The Morgan fingerprint density at radius 1 is 1.40 bits per heavy atom. The second-order valence-corrected chi connectivity index (χ2v) is 2.12. The van der Waals surface area contributed by atoms with Crippen LogP contribution in [0.3, 0.4) is 0 Å². The SMILES string of the molecule is C=C/C=C(/C)C(=C)C(C)=O. The maximum absolute atomic E-state index is 10.7. The van der Waals surface area contributed by atoms with E-state index in [2.05, 4.69) is 13.2 Å². The zero-order chi connectivity index (χ0) is 8.15. The number of Topliss-reactive ketones (excluding diaryl/α,β-unsaturated/α-hetero) is 1. The molecule has 54 valence electrons. The van der Waals surface area contributed by atoms with Crippen molar-refractivity contribution in [3.63, 3.8) is 0 Å². The standard InChI is InChI=1S/C9H12O/c1-5-6-7(2)8(3)9(4)10/h5-6H,1,3H2,2,4H3/b7-6-. The highest BCUT2D eigenvalue weighted by Gasteiger charge is 1.99. The monoisotopic (exact) mass is 136 g/mol. The van der Waals surface area contributed by atoms with Crippen LogP contribution in [0.4, 0.5) is 0 Å². The van der Waals surface area contributed by atoms with E-state index in [9.17, 15) is 4.79 Å². The third-order valence-electron chi connectivity index (χ3n) is 1.27. The van der Waals surface area contributed by atoms with Crippen molar-refractivity contribution in [1.29, 1.82) is 0 Å². The number of hydrogen-bond donors (Lipinski definition) is 0. The van der Waals surface area contributed by atoms with Gasteiger partial charge in [0.25, 0.3) is 0 Å². The lowest BCUT2D eigenvalue weighted by molar-refractivity contribution is -0.113. The smallest absolute Gasteiger partial charge is 0.159 e. The predicted molar refractivity (Wildman–Crippen MR) is 43.8 cm³/mol. The molecule has 0 unspecified atom stereocenters. The van der Waals surface area contributed by atoms with E-state index < -0.39 is 0 Å². The lowest BCUT2D eigenvalue weighted by atomic mass is 10.1. The molecule has 0 N–H and O–H groups in total. The molecule has 0 fully saturated rings. The van der Waals surface area contributed by atoms with Crippen molar-refractivity contribution in [2.75, 3.05) is 0 Å². The summed E-state index contributed by atoms with van der Waals surface area (Å²) in [6.07, 6.45) is 3.41. The minimum absolute atomic E-state index is 0.00981. The minimum atomic E-state index is 0.00981. The van der Waals surface area contributed by atoms with Crippen molar-refractivity contribution >= 4 is 5.78 Å². The quantitative estimate of drug-likeness (QED) is 0.429. The number of carbonyl (C=O) groups is 1. The summed E-state index contributed by atoms with van der Waals surface area (Å²) in [4.78, 5) is 10.7. The molecular formula is C9H12O. The maximum Gasteiger partial charge on any atom is 0.159 e. The Balaban J connectivity index is 4.36. The van der Waals surface area contributed by atoms with Crippen LogP contribution in [0.1, 0.15) is 13.8 Å². The third-order valence-corrected chi connectivity index (χ3v) is 1.27. The van der Waals surface area contributed by atoms with Gasteiger partial charge in [0.1, 0.15) is 0 Å². The number of hydrogen-bond acceptors (Lipinski definition) is 1. The maximum atomic E-state index is 10.7. The van der Waals surface area contributed by atoms with Gasteiger partial charge in [0.05, 0.1) is 0 Å². The van der Waals surface area contributed by atoms with Gasteiger partial charge < -0.3 is 0 Å². The molecule has 0 aliphatic heterocycles. The summed E-state index contributed by atoms with van der Waals surface area (Å²) in [5.41, 5.74) is 1.43. The molecule has 0 saturated heterocycles. The van der Waals surface area contributed by atoms with Crippen molar-refractivity contribution in [3.05, 3.63) is 36.5 Å². The molecule has 0 rings (SSSR count). The van der Waals surface area contributed by atoms with Crippen LogP contribution in [0.2, 0.25) is 0 Å². The normalized spacial score (nSPS) is 10.8. The Morgan fingerprint density at radius 2 is 1.90 bits per heavy atom. The highest BCUT2D eigenvalue weighted by Crippen LogP contribution is 2.06. The van der Waals surface area contributed by atoms with E-state index in [1.807, 2.05) is 6.92 Å². The first-order valence-electron chi connectivity index (χ1n) is 3.09. The Kier molecular flexibility index (Phi) is 3.40. The van der Waals surface area contributed by atoms with E-state index >= 15 is 0 Å². The molecule has 0 saturated carbocycles. The highest BCUT2D eigenvalue weighted by atomic mass is 16.1. The van der Waals surface area contributed by atoms with Gasteiger partial charge >= 0.3 is 0 Å². The summed E-state index contributed by atoms with van der Waals surface area (Å²) in [6.45, 7) is 10.5. The Bertz CT molecular complexity index is 197. The van der Waals surface area contributed by atoms with E-state index in [-0.39, 0.29) is 5.78 Å². The van der Waals surface area contributed by atoms with Crippen LogP contribution in [0.25, 0.3) is 0 Å². The van der Waals surface area contributed by atoms with Crippen molar-refractivity contribution < 1.29 is 4.79 Å². The first-order valence-corrected chi connectivity index (χ1v) is 3.09. The first-order chi connectivity index (χ1) is 4.59. The second-order valence-electron chi connectivity index (χ2n) is 2.12. The number of rotatable bonds is 3. The van der Waals surface area contributed by atoms with Crippen LogP contribution >= 0.6 is 0 Å². The minimum Gasteiger partial charge on any atom is -0.295 e. The molecule has 0 aliphatic rings. The molecule has 0 aromatic carbocycles. The van der Waals surface area contributed by atoms with Gasteiger partial charge in [-0.2, -0.15) is 0 Å². The molecule has 0 heterocycles. The molecule has 0 spiro atoms. The van der Waals surface area contributed by atoms with Crippen LogP contribution in [0.15, 0.2) is 36.5 Å². The summed E-state index contributed by atoms with van der Waals surface area (Å²) < 4.78 is 0. The molecule has 0 radical (unpaired) electrons. The van der Waals surface area contributed by atoms with Gasteiger partial charge in [0.15, 0.2) is 5.78 Å². The Labute approximate surface area is 61.8 Å². The van der Waals surface area contributed by atoms with Crippen molar-refractivity contribution in [1.82, 2.24) is 0 Å². The Hall–Kier alpha value is -1.11. The fraction of sp³-hybridized carbons (Fsp3) is 0.222. The van der Waals surface area contributed by atoms with Crippen molar-refractivity contribution in [2.24, 2.45) is 0 Å². The topological polar surface area (TPSA) is 17.1 Å². The molecule has 10 heavy (non-hydrogen) atoms. The Morgan fingerprint density at radius 3 is 2.20 bits per heavy atom. The van der Waals surface area contributed by atoms with E-state index in [0.29, 0.717) is 5.57 Å². The molecular weight excluding hydrogens is 124 g/mol.